The predicted octanol–water partition coefficient (Wildman–Crippen LogP) is 2.00. The number of amides is 2. The lowest BCUT2D eigenvalue weighted by atomic mass is 10.1. The molecule has 15 heteroatoms. The van der Waals surface area contributed by atoms with Gasteiger partial charge in [-0.25, -0.2) is 13.7 Å². The lowest BCUT2D eigenvalue weighted by Gasteiger charge is -2.33. The molecule has 3 aliphatic heterocycles. The molecule has 13 nitrogen and oxygen atoms in total. The maximum absolute atomic E-state index is 12.8. The van der Waals surface area contributed by atoms with Crippen LogP contribution in [0.5, 0.6) is 0 Å². The van der Waals surface area contributed by atoms with Gasteiger partial charge in [0.15, 0.2) is 6.23 Å². The van der Waals surface area contributed by atoms with Crippen molar-refractivity contribution in [3.8, 4) is 0 Å². The Hall–Kier alpha value is -2.83. The number of rotatable bonds is 8. The van der Waals surface area contributed by atoms with Gasteiger partial charge in [0.05, 0.1) is 11.9 Å². The molecule has 0 aromatic heterocycles. The van der Waals surface area contributed by atoms with Gasteiger partial charge in [0.1, 0.15) is 24.1 Å². The lowest BCUT2D eigenvalue weighted by molar-refractivity contribution is -0.0670. The number of ether oxygens (including phenoxy) is 2. The highest BCUT2D eigenvalue weighted by Crippen LogP contribution is 2.59. The van der Waals surface area contributed by atoms with Crippen LogP contribution in [0.3, 0.4) is 0 Å². The summed E-state index contributed by atoms with van der Waals surface area (Å²) >= 11 is 0. The Labute approximate surface area is 229 Å². The van der Waals surface area contributed by atoms with Crippen molar-refractivity contribution in [1.29, 1.82) is 0 Å². The van der Waals surface area contributed by atoms with Crippen molar-refractivity contribution in [1.82, 2.24) is 10.2 Å². The number of aryl methyl sites for hydroxylation is 2. The summed E-state index contributed by atoms with van der Waals surface area (Å²) in [5.41, 5.74) is 2.87. The molecule has 7 atom stereocenters. The van der Waals surface area contributed by atoms with Crippen LogP contribution >= 0.6 is 15.4 Å². The second-order valence-electron chi connectivity index (χ2n) is 9.54. The molecule has 2 amide bonds. The number of benzene rings is 2. The summed E-state index contributed by atoms with van der Waals surface area (Å²) in [4.78, 5) is 34.2. The Kier molecular flexibility index (Phi) is 7.79. The van der Waals surface area contributed by atoms with E-state index >= 15 is 0 Å². The largest absolute Gasteiger partial charge is 0.479 e. The minimum absolute atomic E-state index is 0.205. The number of urea groups is 1. The molecule has 3 heterocycles. The predicted molar refractivity (Wildman–Crippen MR) is 141 cm³/mol. The number of fused-ring (bicyclic) bond motifs is 1. The smallest absolute Gasteiger partial charge is 0.466 e. The second kappa shape index (κ2) is 10.9. The van der Waals surface area contributed by atoms with E-state index in [0.717, 1.165) is 16.0 Å². The average molecular weight is 594 g/mol. The summed E-state index contributed by atoms with van der Waals surface area (Å²) in [7, 11) is -9.89. The third-order valence-electron chi connectivity index (χ3n) is 6.72. The van der Waals surface area contributed by atoms with Crippen LogP contribution < -0.4 is 10.6 Å². The van der Waals surface area contributed by atoms with Crippen molar-refractivity contribution in [2.75, 3.05) is 6.61 Å². The SMILES string of the molecule is Cc1ccc(P(=O)(O)OP(=O)(O)OC[C@H]2O[C@@H](N3C=C4C=C(c5ccccc5)OC4NC3=O)[C@@H](O)C2O)cc1C. The van der Waals surface area contributed by atoms with Crippen molar-refractivity contribution in [3.63, 3.8) is 0 Å². The number of hydrogen-bond donors (Lipinski definition) is 5. The van der Waals surface area contributed by atoms with E-state index in [1.165, 1.54) is 18.3 Å². The average Bonchev–Trinajstić information content (AvgIpc) is 3.44. The Morgan fingerprint density at radius 1 is 1.02 bits per heavy atom. The van der Waals surface area contributed by atoms with Gasteiger partial charge in [-0.15, -0.1) is 0 Å². The number of hydrogen-bond acceptors (Lipinski definition) is 9. The summed E-state index contributed by atoms with van der Waals surface area (Å²) < 4.78 is 45.9. The third-order valence-corrected chi connectivity index (χ3v) is 9.84. The zero-order chi connectivity index (χ0) is 28.8. The van der Waals surface area contributed by atoms with E-state index in [1.54, 1.807) is 26.0 Å². The molecule has 1 fully saturated rings. The molecule has 0 aliphatic carbocycles. The molecular formula is C25H28N2O11P2. The molecule has 0 radical (unpaired) electrons. The Balaban J connectivity index is 1.25. The van der Waals surface area contributed by atoms with E-state index in [2.05, 4.69) is 9.63 Å². The van der Waals surface area contributed by atoms with E-state index in [9.17, 15) is 33.9 Å². The molecular weight excluding hydrogens is 566 g/mol. The number of phosphoric ester groups is 1. The van der Waals surface area contributed by atoms with Crippen LogP contribution in [0.4, 0.5) is 4.79 Å². The standard InChI is InChI=1S/C25H28N2O11P2/c1-14-8-9-18(10-15(14)2)39(31,32)38-40(33,34)35-13-20-21(28)22(29)24(37-20)27-12-17-11-19(16-6-4-3-5-7-16)36-23(17)26-25(27)30/h3-12,20-24,28-29H,13H2,1-2H3,(H,26,30)(H,31,32)(H,33,34)/t20-,21?,22+,23?,24-/m1/s1. The van der Waals surface area contributed by atoms with E-state index in [4.69, 9.17) is 14.0 Å². The number of carbonyl (C=O) groups excluding carboxylic acids is 1. The van der Waals surface area contributed by atoms with Gasteiger partial charge in [0.25, 0.3) is 0 Å². The van der Waals surface area contributed by atoms with Crippen LogP contribution in [0.25, 0.3) is 5.76 Å². The Bertz CT molecular complexity index is 1460. The molecule has 40 heavy (non-hydrogen) atoms. The van der Waals surface area contributed by atoms with Crippen LogP contribution in [-0.2, 0) is 27.4 Å². The quantitative estimate of drug-likeness (QED) is 0.282. The fourth-order valence-electron chi connectivity index (χ4n) is 4.40. The molecule has 3 aliphatic rings. The first-order valence-electron chi connectivity index (χ1n) is 12.2. The molecule has 5 rings (SSSR count). The minimum Gasteiger partial charge on any atom is -0.466 e. The summed E-state index contributed by atoms with van der Waals surface area (Å²) in [6, 6.07) is 12.8. The molecule has 0 saturated carbocycles. The number of carbonyl (C=O) groups is 1. The molecule has 2 aromatic carbocycles. The van der Waals surface area contributed by atoms with Gasteiger partial charge in [0.2, 0.25) is 6.23 Å². The van der Waals surface area contributed by atoms with Crippen molar-refractivity contribution in [2.24, 2.45) is 0 Å². The maximum Gasteiger partial charge on any atom is 0.479 e. The Morgan fingerprint density at radius 2 is 1.75 bits per heavy atom. The summed E-state index contributed by atoms with van der Waals surface area (Å²) in [5.74, 6) is 0.527. The fourth-order valence-corrected chi connectivity index (χ4v) is 7.04. The number of aliphatic hydroxyl groups is 2. The van der Waals surface area contributed by atoms with Gasteiger partial charge in [0, 0.05) is 17.3 Å². The van der Waals surface area contributed by atoms with Crippen molar-refractivity contribution in [2.45, 2.75) is 44.6 Å². The maximum atomic E-state index is 12.8. The van der Waals surface area contributed by atoms with Gasteiger partial charge in [-0.2, -0.15) is 0 Å². The summed E-state index contributed by atoms with van der Waals surface area (Å²) in [6.07, 6.45) is -3.66. The highest BCUT2D eigenvalue weighted by Gasteiger charge is 2.49. The second-order valence-corrected chi connectivity index (χ2v) is 12.9. The Morgan fingerprint density at radius 3 is 2.45 bits per heavy atom. The van der Waals surface area contributed by atoms with Crippen LogP contribution in [-0.4, -0.2) is 68.3 Å². The van der Waals surface area contributed by atoms with E-state index in [1.807, 2.05) is 30.3 Å². The van der Waals surface area contributed by atoms with Crippen LogP contribution in [0, 0.1) is 13.8 Å². The van der Waals surface area contributed by atoms with Gasteiger partial charge in [-0.05, 0) is 43.2 Å². The van der Waals surface area contributed by atoms with E-state index in [0.29, 0.717) is 16.9 Å². The normalized spacial score (nSPS) is 29.0. The van der Waals surface area contributed by atoms with Crippen LogP contribution in [0.2, 0.25) is 0 Å². The van der Waals surface area contributed by atoms with Crippen molar-refractivity contribution >= 4 is 32.5 Å². The first-order chi connectivity index (χ1) is 18.8. The molecule has 5 N–H and O–H groups in total. The van der Waals surface area contributed by atoms with Gasteiger partial charge < -0.3 is 29.5 Å². The highest BCUT2D eigenvalue weighted by molar-refractivity contribution is 7.69. The van der Waals surface area contributed by atoms with Crippen LogP contribution in [0.15, 0.2) is 66.4 Å². The monoisotopic (exact) mass is 594 g/mol. The van der Waals surface area contributed by atoms with Gasteiger partial charge >= 0.3 is 21.4 Å². The first kappa shape index (κ1) is 28.7. The molecule has 214 valence electrons. The number of nitrogens with one attached hydrogen (secondary N) is 1. The summed E-state index contributed by atoms with van der Waals surface area (Å²) in [6.45, 7) is 2.69. The molecule has 0 bridgehead atoms. The number of phosphoric acid groups is 1. The zero-order valence-corrected chi connectivity index (χ0v) is 23.1. The first-order valence-corrected chi connectivity index (χ1v) is 15.3. The number of aliphatic hydroxyl groups excluding tert-OH is 2. The molecule has 1 saturated heterocycles. The molecule has 0 spiro atoms. The number of nitrogens with zero attached hydrogens (tertiary/aromatic N) is 1. The minimum atomic E-state index is -5.14. The van der Waals surface area contributed by atoms with Crippen molar-refractivity contribution in [3.05, 3.63) is 83.1 Å². The van der Waals surface area contributed by atoms with Crippen molar-refractivity contribution < 1.29 is 52.2 Å². The molecule has 4 unspecified atom stereocenters. The fraction of sp³-hybridized carbons (Fsp3) is 0.320. The van der Waals surface area contributed by atoms with Crippen LogP contribution in [0.1, 0.15) is 16.7 Å². The van der Waals surface area contributed by atoms with Gasteiger partial charge in [-0.3, -0.25) is 19.3 Å². The topological polar surface area (TPSA) is 184 Å². The third kappa shape index (κ3) is 5.80. The van der Waals surface area contributed by atoms with Gasteiger partial charge in [-0.1, -0.05) is 36.4 Å². The molecule has 2 aromatic rings. The highest BCUT2D eigenvalue weighted by atomic mass is 31.3. The van der Waals surface area contributed by atoms with E-state index in [-0.39, 0.29) is 5.30 Å². The van der Waals surface area contributed by atoms with E-state index < -0.39 is 58.8 Å². The lowest BCUT2D eigenvalue weighted by Crippen LogP contribution is -2.54. The zero-order valence-electron chi connectivity index (χ0n) is 21.4. The summed E-state index contributed by atoms with van der Waals surface area (Å²) in [5, 5.41) is 23.5.